The first-order valence-electron chi connectivity index (χ1n) is 6.29. The summed E-state index contributed by atoms with van der Waals surface area (Å²) in [6, 6.07) is 6.72. The molecule has 0 saturated carbocycles. The molecular weight excluding hydrogens is 244 g/mol. The van der Waals surface area contributed by atoms with Gasteiger partial charge >= 0.3 is 6.03 Å². The molecule has 5 N–H and O–H groups in total. The van der Waals surface area contributed by atoms with Crippen LogP contribution in [-0.4, -0.2) is 31.6 Å². The fraction of sp³-hybridized carbons (Fsp3) is 0.385. The predicted octanol–water partition coefficient (Wildman–Crippen LogP) is 0.907. The first-order valence-corrected chi connectivity index (χ1v) is 6.29. The van der Waals surface area contributed by atoms with Gasteiger partial charge in [0, 0.05) is 25.3 Å². The van der Waals surface area contributed by atoms with Crippen molar-refractivity contribution in [1.29, 1.82) is 0 Å². The minimum Gasteiger partial charge on any atom is -0.384 e. The molecule has 1 aromatic rings. The normalized spacial score (nSPS) is 9.74. The number of urea groups is 1. The van der Waals surface area contributed by atoms with E-state index in [4.69, 9.17) is 5.73 Å². The minimum atomic E-state index is -0.598. The number of anilines is 1. The van der Waals surface area contributed by atoms with Crippen molar-refractivity contribution < 1.29 is 9.59 Å². The third-order valence-corrected chi connectivity index (χ3v) is 2.45. The Bertz CT molecular complexity index is 434. The maximum atomic E-state index is 12.0. The van der Waals surface area contributed by atoms with Crippen molar-refractivity contribution in [2.75, 3.05) is 25.0 Å². The van der Waals surface area contributed by atoms with Crippen molar-refractivity contribution >= 4 is 17.6 Å². The van der Waals surface area contributed by atoms with Crippen molar-refractivity contribution in [3.05, 3.63) is 29.8 Å². The Labute approximate surface area is 112 Å². The van der Waals surface area contributed by atoms with Gasteiger partial charge in [0.1, 0.15) is 0 Å². The highest BCUT2D eigenvalue weighted by Crippen LogP contribution is 2.14. The number of para-hydroxylation sites is 1. The zero-order valence-corrected chi connectivity index (χ0v) is 11.0. The van der Waals surface area contributed by atoms with Gasteiger partial charge in [-0.25, -0.2) is 4.79 Å². The van der Waals surface area contributed by atoms with Gasteiger partial charge in [0.2, 0.25) is 0 Å². The second-order valence-electron chi connectivity index (χ2n) is 4.02. The van der Waals surface area contributed by atoms with Gasteiger partial charge in [-0.2, -0.15) is 0 Å². The summed E-state index contributed by atoms with van der Waals surface area (Å²) in [6.45, 7) is 3.52. The summed E-state index contributed by atoms with van der Waals surface area (Å²) in [5, 5.41) is 8.33. The van der Waals surface area contributed by atoms with Gasteiger partial charge in [0.05, 0.1) is 5.56 Å². The molecule has 0 fully saturated rings. The number of carbonyl (C=O) groups is 2. The quantitative estimate of drug-likeness (QED) is 0.551. The molecule has 0 aliphatic rings. The fourth-order valence-electron chi connectivity index (χ4n) is 1.55. The molecule has 0 unspecified atom stereocenters. The summed E-state index contributed by atoms with van der Waals surface area (Å²) in [4.78, 5) is 22.5. The van der Waals surface area contributed by atoms with E-state index in [0.29, 0.717) is 18.7 Å². The van der Waals surface area contributed by atoms with Crippen LogP contribution in [0.5, 0.6) is 0 Å². The van der Waals surface area contributed by atoms with E-state index in [2.05, 4.69) is 22.9 Å². The van der Waals surface area contributed by atoms with Crippen LogP contribution in [0.3, 0.4) is 0 Å². The lowest BCUT2D eigenvalue weighted by Gasteiger charge is -2.11. The molecule has 1 aromatic carbocycles. The highest BCUT2D eigenvalue weighted by atomic mass is 16.2. The first-order chi connectivity index (χ1) is 9.15. The van der Waals surface area contributed by atoms with E-state index in [1.807, 2.05) is 18.2 Å². The Morgan fingerprint density at radius 2 is 1.79 bits per heavy atom. The van der Waals surface area contributed by atoms with Crippen molar-refractivity contribution in [2.24, 2.45) is 5.73 Å². The van der Waals surface area contributed by atoms with Crippen LogP contribution in [0.15, 0.2) is 24.3 Å². The van der Waals surface area contributed by atoms with E-state index in [1.54, 1.807) is 6.07 Å². The number of rotatable bonds is 7. The summed E-state index contributed by atoms with van der Waals surface area (Å²) in [6.07, 6.45) is 0.985. The average molecular weight is 264 g/mol. The summed E-state index contributed by atoms with van der Waals surface area (Å²) in [5.74, 6) is -0.175. The van der Waals surface area contributed by atoms with Crippen LogP contribution >= 0.6 is 0 Å². The first kappa shape index (κ1) is 14.8. The number of primary amides is 1. The Balaban J connectivity index is 2.53. The minimum absolute atomic E-state index is 0.175. The molecule has 0 heterocycles. The van der Waals surface area contributed by atoms with E-state index in [0.717, 1.165) is 18.7 Å². The van der Waals surface area contributed by atoms with Gasteiger partial charge in [-0.15, -0.1) is 0 Å². The molecule has 19 heavy (non-hydrogen) atoms. The van der Waals surface area contributed by atoms with Crippen molar-refractivity contribution in [3.63, 3.8) is 0 Å². The second kappa shape index (κ2) is 7.97. The van der Waals surface area contributed by atoms with E-state index >= 15 is 0 Å². The molecule has 0 radical (unpaired) electrons. The Kier molecular flexibility index (Phi) is 6.21. The van der Waals surface area contributed by atoms with Gasteiger partial charge in [-0.05, 0) is 18.6 Å². The SMILES string of the molecule is CCCNc1ccccc1C(=O)NCCNC(N)=O. The number of hydrogen-bond donors (Lipinski definition) is 4. The number of nitrogens with one attached hydrogen (secondary N) is 3. The maximum Gasteiger partial charge on any atom is 0.312 e. The van der Waals surface area contributed by atoms with Crippen molar-refractivity contribution in [1.82, 2.24) is 10.6 Å². The second-order valence-corrected chi connectivity index (χ2v) is 4.02. The third kappa shape index (κ3) is 5.29. The van der Waals surface area contributed by atoms with Crippen molar-refractivity contribution in [2.45, 2.75) is 13.3 Å². The van der Waals surface area contributed by atoms with E-state index in [1.165, 1.54) is 0 Å². The summed E-state index contributed by atoms with van der Waals surface area (Å²) < 4.78 is 0. The topological polar surface area (TPSA) is 96.2 Å². The van der Waals surface area contributed by atoms with Crippen LogP contribution in [0, 0.1) is 0 Å². The Morgan fingerprint density at radius 1 is 1.11 bits per heavy atom. The lowest BCUT2D eigenvalue weighted by Crippen LogP contribution is -2.37. The highest BCUT2D eigenvalue weighted by Gasteiger charge is 2.09. The van der Waals surface area contributed by atoms with Crippen LogP contribution in [0.25, 0.3) is 0 Å². The predicted molar refractivity (Wildman–Crippen MR) is 75.1 cm³/mol. The lowest BCUT2D eigenvalue weighted by molar-refractivity contribution is 0.0954. The fourth-order valence-corrected chi connectivity index (χ4v) is 1.55. The van der Waals surface area contributed by atoms with E-state index < -0.39 is 6.03 Å². The number of nitrogens with two attached hydrogens (primary N) is 1. The van der Waals surface area contributed by atoms with Crippen LogP contribution in [-0.2, 0) is 0 Å². The maximum absolute atomic E-state index is 12.0. The van der Waals surface area contributed by atoms with E-state index in [-0.39, 0.29) is 5.91 Å². The van der Waals surface area contributed by atoms with Crippen LogP contribution < -0.4 is 21.7 Å². The summed E-state index contributed by atoms with van der Waals surface area (Å²) in [5.41, 5.74) is 6.33. The largest absolute Gasteiger partial charge is 0.384 e. The molecule has 0 aliphatic heterocycles. The molecule has 0 spiro atoms. The monoisotopic (exact) mass is 264 g/mol. The number of benzene rings is 1. The molecule has 0 bridgehead atoms. The molecule has 0 atom stereocenters. The van der Waals surface area contributed by atoms with Crippen LogP contribution in [0.4, 0.5) is 10.5 Å². The molecule has 1 rings (SSSR count). The third-order valence-electron chi connectivity index (χ3n) is 2.45. The molecule has 6 heteroatoms. The zero-order chi connectivity index (χ0) is 14.1. The van der Waals surface area contributed by atoms with Gasteiger partial charge in [0.25, 0.3) is 5.91 Å². The molecular formula is C13H20N4O2. The van der Waals surface area contributed by atoms with Gasteiger partial charge in [-0.3, -0.25) is 4.79 Å². The molecule has 0 saturated heterocycles. The van der Waals surface area contributed by atoms with Gasteiger partial charge in [0.15, 0.2) is 0 Å². The van der Waals surface area contributed by atoms with Crippen molar-refractivity contribution in [3.8, 4) is 0 Å². The lowest BCUT2D eigenvalue weighted by atomic mass is 10.1. The molecule has 3 amide bonds. The van der Waals surface area contributed by atoms with Crippen LogP contribution in [0.1, 0.15) is 23.7 Å². The molecule has 104 valence electrons. The molecule has 6 nitrogen and oxygen atoms in total. The Hall–Kier alpha value is -2.24. The highest BCUT2D eigenvalue weighted by molar-refractivity contribution is 5.99. The Morgan fingerprint density at radius 3 is 2.47 bits per heavy atom. The van der Waals surface area contributed by atoms with Gasteiger partial charge in [-0.1, -0.05) is 19.1 Å². The van der Waals surface area contributed by atoms with Gasteiger partial charge < -0.3 is 21.7 Å². The number of hydrogen-bond acceptors (Lipinski definition) is 3. The number of amides is 3. The van der Waals surface area contributed by atoms with Crippen LogP contribution in [0.2, 0.25) is 0 Å². The molecule has 0 aromatic heterocycles. The molecule has 0 aliphatic carbocycles. The standard InChI is InChI=1S/C13H20N4O2/c1-2-7-15-11-6-4-3-5-10(11)12(18)16-8-9-17-13(14)19/h3-6,15H,2,7-9H2,1H3,(H,16,18)(H3,14,17,19). The van der Waals surface area contributed by atoms with E-state index in [9.17, 15) is 9.59 Å². The average Bonchev–Trinajstić information content (AvgIpc) is 2.41. The summed E-state index contributed by atoms with van der Waals surface area (Å²) >= 11 is 0. The summed E-state index contributed by atoms with van der Waals surface area (Å²) in [7, 11) is 0. The smallest absolute Gasteiger partial charge is 0.312 e. The number of carbonyl (C=O) groups excluding carboxylic acids is 2. The zero-order valence-electron chi connectivity index (χ0n) is 11.0.